The van der Waals surface area contributed by atoms with E-state index in [1.165, 1.54) is 29.3 Å². The third kappa shape index (κ3) is 9.62. The number of carbonyl (C=O) groups excluding carboxylic acids is 5. The highest BCUT2D eigenvalue weighted by atomic mass is 16.7. The van der Waals surface area contributed by atoms with E-state index in [0.29, 0.717) is 24.9 Å². The fourth-order valence-corrected chi connectivity index (χ4v) is 3.76. The lowest BCUT2D eigenvalue weighted by atomic mass is 10.1. The Morgan fingerprint density at radius 1 is 1.00 bits per heavy atom. The van der Waals surface area contributed by atoms with Gasteiger partial charge in [0.2, 0.25) is 5.91 Å². The van der Waals surface area contributed by atoms with Gasteiger partial charge in [-0.1, -0.05) is 49.4 Å². The van der Waals surface area contributed by atoms with E-state index in [2.05, 4.69) is 16.0 Å². The van der Waals surface area contributed by atoms with Gasteiger partial charge in [-0.05, 0) is 30.5 Å². The van der Waals surface area contributed by atoms with Crippen LogP contribution in [-0.2, 0) is 30.6 Å². The Hall–Kier alpha value is -4.58. The van der Waals surface area contributed by atoms with Crippen molar-refractivity contribution >= 4 is 36.0 Å². The van der Waals surface area contributed by atoms with Gasteiger partial charge < -0.3 is 25.0 Å². The Balaban J connectivity index is 1.40. The largest absolute Gasteiger partial charge is 0.444 e. The molecular weight excluding hydrogens is 518 g/mol. The Labute approximate surface area is 231 Å². The fourth-order valence-electron chi connectivity index (χ4n) is 3.76. The van der Waals surface area contributed by atoms with Crippen LogP contribution in [0.15, 0.2) is 54.6 Å². The van der Waals surface area contributed by atoms with Crippen LogP contribution < -0.4 is 16.0 Å². The van der Waals surface area contributed by atoms with E-state index in [0.717, 1.165) is 18.4 Å². The molecule has 2 aromatic carbocycles. The second-order valence-corrected chi connectivity index (χ2v) is 9.30. The minimum absolute atomic E-state index is 0.0130. The molecule has 0 saturated carbocycles. The van der Waals surface area contributed by atoms with Crippen LogP contribution in [0.2, 0.25) is 0 Å². The van der Waals surface area contributed by atoms with E-state index in [4.69, 9.17) is 15.0 Å². The van der Waals surface area contributed by atoms with Gasteiger partial charge in [-0.2, -0.15) is 0 Å². The zero-order chi connectivity index (χ0) is 28.9. The number of benzene rings is 2. The van der Waals surface area contributed by atoms with Crippen molar-refractivity contribution in [2.24, 2.45) is 5.92 Å². The van der Waals surface area contributed by atoms with Gasteiger partial charge >= 0.3 is 12.1 Å². The maximum Gasteiger partial charge on any atom is 0.413 e. The molecule has 0 spiro atoms. The van der Waals surface area contributed by atoms with E-state index < -0.39 is 35.8 Å². The average molecular weight is 552 g/mol. The number of amidine groups is 1. The maximum absolute atomic E-state index is 12.5. The van der Waals surface area contributed by atoms with Crippen molar-refractivity contribution in [3.8, 4) is 0 Å². The quantitative estimate of drug-likeness (QED) is 0.176. The van der Waals surface area contributed by atoms with Crippen LogP contribution in [0.3, 0.4) is 0 Å². The lowest BCUT2D eigenvalue weighted by molar-refractivity contribution is -0.185. The second-order valence-electron chi connectivity index (χ2n) is 9.30. The van der Waals surface area contributed by atoms with E-state index in [9.17, 15) is 24.0 Å². The molecule has 1 aliphatic rings. The Kier molecular flexibility index (Phi) is 11.3. The zero-order valence-electron chi connectivity index (χ0n) is 22.2. The van der Waals surface area contributed by atoms with Crippen LogP contribution in [0.1, 0.15) is 47.7 Å². The first-order valence-electron chi connectivity index (χ1n) is 12.9. The number of rotatable bonds is 12. The topological polar surface area (TPSA) is 167 Å². The second kappa shape index (κ2) is 15.1. The van der Waals surface area contributed by atoms with Crippen molar-refractivity contribution < 1.29 is 33.5 Å². The predicted molar refractivity (Wildman–Crippen MR) is 144 cm³/mol. The van der Waals surface area contributed by atoms with Gasteiger partial charge in [-0.15, -0.1) is 5.06 Å². The summed E-state index contributed by atoms with van der Waals surface area (Å²) in [5, 5.41) is 17.1. The molecule has 2 aromatic rings. The smallest absolute Gasteiger partial charge is 0.413 e. The zero-order valence-corrected chi connectivity index (χ0v) is 22.2. The highest BCUT2D eigenvalue weighted by Gasteiger charge is 2.23. The summed E-state index contributed by atoms with van der Waals surface area (Å²) in [4.78, 5) is 65.5. The SMILES string of the molecule is CC(CNC(=O)c1ccc(C(=N)NC(=O)OCc2ccccc2)cc1)C(=O)N[C@H](C=O)CC(=O)ON1CCCC1. The molecule has 1 fully saturated rings. The Morgan fingerprint density at radius 2 is 1.65 bits per heavy atom. The molecule has 3 rings (SSSR count). The van der Waals surface area contributed by atoms with Crippen LogP contribution in [0.5, 0.6) is 0 Å². The molecule has 12 nitrogen and oxygen atoms in total. The Bertz CT molecular complexity index is 1200. The molecule has 40 heavy (non-hydrogen) atoms. The first kappa shape index (κ1) is 30.0. The lowest BCUT2D eigenvalue weighted by Crippen LogP contribution is -2.44. The summed E-state index contributed by atoms with van der Waals surface area (Å²) in [5.74, 6) is -2.42. The molecule has 0 aromatic heterocycles. The molecule has 4 N–H and O–H groups in total. The van der Waals surface area contributed by atoms with E-state index in [1.54, 1.807) is 6.92 Å². The number of hydroxylamine groups is 2. The Morgan fingerprint density at radius 3 is 2.30 bits per heavy atom. The van der Waals surface area contributed by atoms with Crippen molar-refractivity contribution in [3.63, 3.8) is 0 Å². The number of alkyl carbamates (subject to hydrolysis) is 1. The average Bonchev–Trinajstić information content (AvgIpc) is 3.47. The number of ether oxygens (including phenoxy) is 1. The molecule has 1 heterocycles. The summed E-state index contributed by atoms with van der Waals surface area (Å²) in [5.41, 5.74) is 1.46. The van der Waals surface area contributed by atoms with Gasteiger partial charge in [-0.25, -0.2) is 4.79 Å². The summed E-state index contributed by atoms with van der Waals surface area (Å²) in [6.07, 6.45) is 1.28. The van der Waals surface area contributed by atoms with Crippen molar-refractivity contribution in [2.45, 2.75) is 38.8 Å². The lowest BCUT2D eigenvalue weighted by Gasteiger charge is -2.18. The van der Waals surface area contributed by atoms with Gasteiger partial charge in [0.15, 0.2) is 0 Å². The van der Waals surface area contributed by atoms with E-state index in [1.807, 2.05) is 30.3 Å². The molecular formula is C28H33N5O7. The maximum atomic E-state index is 12.5. The summed E-state index contributed by atoms with van der Waals surface area (Å²) in [6.45, 7) is 2.92. The number of hydrogen-bond acceptors (Lipinski definition) is 9. The van der Waals surface area contributed by atoms with Crippen LogP contribution >= 0.6 is 0 Å². The predicted octanol–water partition coefficient (Wildman–Crippen LogP) is 1.93. The van der Waals surface area contributed by atoms with Crippen LogP contribution in [0.25, 0.3) is 0 Å². The summed E-state index contributed by atoms with van der Waals surface area (Å²) in [7, 11) is 0. The summed E-state index contributed by atoms with van der Waals surface area (Å²) < 4.78 is 5.10. The number of amides is 3. The normalized spacial score (nSPS) is 14.3. The molecule has 0 aliphatic carbocycles. The molecule has 212 valence electrons. The number of nitrogens with zero attached hydrogens (tertiary/aromatic N) is 1. The van der Waals surface area contributed by atoms with Crippen LogP contribution in [-0.4, -0.2) is 66.7 Å². The van der Waals surface area contributed by atoms with Gasteiger partial charge in [-0.3, -0.25) is 25.1 Å². The van der Waals surface area contributed by atoms with Crippen molar-refractivity contribution in [3.05, 3.63) is 71.3 Å². The molecule has 2 atom stereocenters. The van der Waals surface area contributed by atoms with E-state index >= 15 is 0 Å². The summed E-state index contributed by atoms with van der Waals surface area (Å²) in [6, 6.07) is 14.1. The van der Waals surface area contributed by atoms with Gasteiger partial charge in [0.1, 0.15) is 18.7 Å². The highest BCUT2D eigenvalue weighted by Crippen LogP contribution is 2.09. The number of hydrogen-bond donors (Lipinski definition) is 4. The molecule has 0 bridgehead atoms. The third-order valence-electron chi connectivity index (χ3n) is 6.07. The van der Waals surface area contributed by atoms with Gasteiger partial charge in [0, 0.05) is 30.8 Å². The van der Waals surface area contributed by atoms with Gasteiger partial charge in [0.25, 0.3) is 5.91 Å². The first-order chi connectivity index (χ1) is 19.2. The molecule has 1 saturated heterocycles. The fraction of sp³-hybridized carbons (Fsp3) is 0.357. The van der Waals surface area contributed by atoms with Crippen molar-refractivity contribution in [2.75, 3.05) is 19.6 Å². The van der Waals surface area contributed by atoms with Crippen LogP contribution in [0.4, 0.5) is 4.79 Å². The molecule has 1 unspecified atom stereocenters. The monoisotopic (exact) mass is 551 g/mol. The van der Waals surface area contributed by atoms with E-state index in [-0.39, 0.29) is 31.0 Å². The highest BCUT2D eigenvalue weighted by molar-refractivity contribution is 6.05. The summed E-state index contributed by atoms with van der Waals surface area (Å²) >= 11 is 0. The number of nitrogens with one attached hydrogen (secondary N) is 4. The molecule has 12 heteroatoms. The number of aldehydes is 1. The molecule has 0 radical (unpaired) electrons. The minimum Gasteiger partial charge on any atom is -0.444 e. The molecule has 1 aliphatic heterocycles. The van der Waals surface area contributed by atoms with Crippen LogP contribution in [0, 0.1) is 11.3 Å². The minimum atomic E-state index is -1.03. The van der Waals surface area contributed by atoms with Crippen molar-refractivity contribution in [1.82, 2.24) is 21.0 Å². The third-order valence-corrected chi connectivity index (χ3v) is 6.07. The standard InChI is InChI=1S/C28H33N5O7/c1-19(26(36)31-23(17-34)15-24(35)40-33-13-5-6-14-33)16-30-27(37)22-11-9-21(10-12-22)25(29)32-28(38)39-18-20-7-3-2-4-8-20/h2-4,7-12,17,19,23H,5-6,13-16,18H2,1H3,(H,30,37)(H,31,36)(H2,29,32,38)/t19?,23-/m0/s1. The first-order valence-corrected chi connectivity index (χ1v) is 12.9. The molecule has 3 amide bonds. The number of carbonyl (C=O) groups is 5. The van der Waals surface area contributed by atoms with Crippen molar-refractivity contribution in [1.29, 1.82) is 5.41 Å². The van der Waals surface area contributed by atoms with Gasteiger partial charge in [0.05, 0.1) is 18.4 Å².